The predicted octanol–water partition coefficient (Wildman–Crippen LogP) is 2.46. The number of hydrogen-bond acceptors (Lipinski definition) is 6. The van der Waals surface area contributed by atoms with Crippen molar-refractivity contribution in [1.29, 1.82) is 0 Å². The first-order valence-corrected chi connectivity index (χ1v) is 8.98. The van der Waals surface area contributed by atoms with E-state index in [2.05, 4.69) is 25.5 Å². The fourth-order valence-electron chi connectivity index (χ4n) is 2.46. The summed E-state index contributed by atoms with van der Waals surface area (Å²) in [7, 11) is 1.58. The van der Waals surface area contributed by atoms with E-state index >= 15 is 0 Å². The molecule has 0 amide bonds. The second kappa shape index (κ2) is 8.98. The summed E-state index contributed by atoms with van der Waals surface area (Å²) in [6.07, 6.45) is 0. The molecule has 3 rings (SSSR count). The van der Waals surface area contributed by atoms with Gasteiger partial charge in [-0.3, -0.25) is 0 Å². The van der Waals surface area contributed by atoms with Crippen molar-refractivity contribution in [1.82, 2.24) is 15.3 Å². The minimum absolute atomic E-state index is 0.388. The zero-order valence-corrected chi connectivity index (χ0v) is 15.9. The molecule has 0 unspecified atom stereocenters. The highest BCUT2D eigenvalue weighted by molar-refractivity contribution is 7.80. The zero-order chi connectivity index (χ0) is 18.4. The Kier molecular flexibility index (Phi) is 6.43. The van der Waals surface area contributed by atoms with E-state index in [1.807, 2.05) is 24.3 Å². The third kappa shape index (κ3) is 5.17. The largest absolute Gasteiger partial charge is 0.481 e. The van der Waals surface area contributed by atoms with Gasteiger partial charge >= 0.3 is 0 Å². The lowest BCUT2D eigenvalue weighted by molar-refractivity contribution is 0.122. The fourth-order valence-corrected chi connectivity index (χ4v) is 2.75. The Hall–Kier alpha value is -2.16. The van der Waals surface area contributed by atoms with E-state index in [0.717, 1.165) is 24.5 Å². The van der Waals surface area contributed by atoms with Crippen LogP contribution in [0.4, 0.5) is 11.8 Å². The molecule has 26 heavy (non-hydrogen) atoms. The van der Waals surface area contributed by atoms with Gasteiger partial charge in [0.1, 0.15) is 5.82 Å². The molecule has 0 radical (unpaired) electrons. The molecular formula is C17H20ClN5O2S. The van der Waals surface area contributed by atoms with Gasteiger partial charge in [0.15, 0.2) is 5.11 Å². The van der Waals surface area contributed by atoms with E-state index in [1.165, 1.54) is 0 Å². The molecular weight excluding hydrogens is 374 g/mol. The van der Waals surface area contributed by atoms with Gasteiger partial charge in [0.05, 0.1) is 20.3 Å². The highest BCUT2D eigenvalue weighted by atomic mass is 35.5. The summed E-state index contributed by atoms with van der Waals surface area (Å²) < 4.78 is 10.7. The van der Waals surface area contributed by atoms with Crippen molar-refractivity contribution < 1.29 is 9.47 Å². The van der Waals surface area contributed by atoms with Crippen LogP contribution in [-0.2, 0) is 11.3 Å². The Morgan fingerprint density at radius 2 is 2.00 bits per heavy atom. The average Bonchev–Trinajstić information content (AvgIpc) is 2.68. The van der Waals surface area contributed by atoms with Crippen molar-refractivity contribution in [3.8, 4) is 5.88 Å². The molecule has 7 nitrogen and oxygen atoms in total. The number of ether oxygens (including phenoxy) is 2. The van der Waals surface area contributed by atoms with Crippen LogP contribution in [-0.4, -0.2) is 48.5 Å². The van der Waals surface area contributed by atoms with E-state index in [9.17, 15) is 0 Å². The molecule has 0 atom stereocenters. The number of nitrogens with one attached hydrogen (secondary N) is 2. The summed E-state index contributed by atoms with van der Waals surface area (Å²) in [6.45, 7) is 3.48. The summed E-state index contributed by atoms with van der Waals surface area (Å²) in [5, 5.41) is 7.27. The summed E-state index contributed by atoms with van der Waals surface area (Å²) in [4.78, 5) is 11.0. The second-order valence-corrected chi connectivity index (χ2v) is 6.47. The minimum Gasteiger partial charge on any atom is -0.481 e. The molecule has 0 aliphatic carbocycles. The van der Waals surface area contributed by atoms with Crippen LogP contribution < -0.4 is 20.3 Å². The van der Waals surface area contributed by atoms with Crippen molar-refractivity contribution >= 4 is 40.7 Å². The van der Waals surface area contributed by atoms with Gasteiger partial charge in [0.25, 0.3) is 0 Å². The first kappa shape index (κ1) is 18.6. The third-order valence-electron chi connectivity index (χ3n) is 3.83. The molecule has 138 valence electrons. The van der Waals surface area contributed by atoms with Gasteiger partial charge in [0.2, 0.25) is 11.8 Å². The maximum absolute atomic E-state index is 5.89. The van der Waals surface area contributed by atoms with Crippen LogP contribution in [0.2, 0.25) is 5.02 Å². The lowest BCUT2D eigenvalue weighted by Crippen LogP contribution is -2.37. The molecule has 1 aliphatic heterocycles. The van der Waals surface area contributed by atoms with Crippen LogP contribution in [0.5, 0.6) is 5.88 Å². The monoisotopic (exact) mass is 393 g/mol. The molecule has 1 aliphatic rings. The number of hydrogen-bond donors (Lipinski definition) is 2. The standard InChI is InChI=1S/C17H20ClN5O2S/c1-24-15-10-14(23-6-8-25-9-7-23)20-16(21-15)22-17(26)19-11-12-2-4-13(18)5-3-12/h2-5,10H,6-9,11H2,1H3,(H2,19,20,21,22,26). The molecule has 0 saturated carbocycles. The normalized spacial score (nSPS) is 14.0. The maximum atomic E-state index is 5.89. The van der Waals surface area contributed by atoms with E-state index in [1.54, 1.807) is 13.2 Å². The molecule has 2 heterocycles. The average molecular weight is 394 g/mol. The molecule has 2 aromatic rings. The number of methoxy groups -OCH3 is 1. The van der Waals surface area contributed by atoms with Crippen LogP contribution >= 0.6 is 23.8 Å². The third-order valence-corrected chi connectivity index (χ3v) is 4.32. The topological polar surface area (TPSA) is 71.5 Å². The molecule has 0 spiro atoms. The highest BCUT2D eigenvalue weighted by Crippen LogP contribution is 2.20. The summed E-state index contributed by atoms with van der Waals surface area (Å²) in [6, 6.07) is 9.37. The van der Waals surface area contributed by atoms with Gasteiger partial charge < -0.3 is 25.0 Å². The quantitative estimate of drug-likeness (QED) is 0.751. The molecule has 9 heteroatoms. The Bertz CT molecular complexity index is 753. The zero-order valence-electron chi connectivity index (χ0n) is 14.4. The highest BCUT2D eigenvalue weighted by Gasteiger charge is 2.15. The molecule has 0 bridgehead atoms. The van der Waals surface area contributed by atoms with Gasteiger partial charge in [-0.2, -0.15) is 9.97 Å². The predicted molar refractivity (Wildman–Crippen MR) is 106 cm³/mol. The Morgan fingerprint density at radius 1 is 1.27 bits per heavy atom. The van der Waals surface area contributed by atoms with Gasteiger partial charge in [-0.05, 0) is 29.9 Å². The number of morpholine rings is 1. The Balaban J connectivity index is 1.63. The van der Waals surface area contributed by atoms with Gasteiger partial charge in [-0.25, -0.2) is 0 Å². The van der Waals surface area contributed by atoms with Crippen molar-refractivity contribution in [3.63, 3.8) is 0 Å². The smallest absolute Gasteiger partial charge is 0.234 e. The summed E-state index contributed by atoms with van der Waals surface area (Å²) >= 11 is 11.2. The maximum Gasteiger partial charge on any atom is 0.234 e. The number of aromatic nitrogens is 2. The van der Waals surface area contributed by atoms with Crippen molar-refractivity contribution in [2.24, 2.45) is 0 Å². The van der Waals surface area contributed by atoms with E-state index in [0.29, 0.717) is 41.7 Å². The lowest BCUT2D eigenvalue weighted by Gasteiger charge is -2.28. The van der Waals surface area contributed by atoms with Crippen molar-refractivity contribution in [3.05, 3.63) is 40.9 Å². The van der Waals surface area contributed by atoms with Crippen LogP contribution in [0.15, 0.2) is 30.3 Å². The molecule has 1 saturated heterocycles. The number of thiocarbonyl (C=S) groups is 1. The number of benzene rings is 1. The second-order valence-electron chi connectivity index (χ2n) is 5.63. The SMILES string of the molecule is COc1cc(N2CCOCC2)nc(NC(=S)NCc2ccc(Cl)cc2)n1. The van der Waals surface area contributed by atoms with Gasteiger partial charge in [0, 0.05) is 30.7 Å². The molecule has 1 aromatic heterocycles. The van der Waals surface area contributed by atoms with Crippen LogP contribution in [0, 0.1) is 0 Å². The fraction of sp³-hybridized carbons (Fsp3) is 0.353. The number of rotatable bonds is 5. The van der Waals surface area contributed by atoms with Crippen LogP contribution in [0.3, 0.4) is 0 Å². The molecule has 2 N–H and O–H groups in total. The number of nitrogens with zero attached hydrogens (tertiary/aromatic N) is 3. The molecule has 1 aromatic carbocycles. The van der Waals surface area contributed by atoms with E-state index < -0.39 is 0 Å². The summed E-state index contributed by atoms with van der Waals surface area (Å²) in [5.74, 6) is 1.65. The first-order chi connectivity index (χ1) is 12.6. The number of halogens is 1. The van der Waals surface area contributed by atoms with Crippen LogP contribution in [0.25, 0.3) is 0 Å². The van der Waals surface area contributed by atoms with E-state index in [-0.39, 0.29) is 0 Å². The summed E-state index contributed by atoms with van der Waals surface area (Å²) in [5.41, 5.74) is 1.07. The van der Waals surface area contributed by atoms with Crippen LogP contribution in [0.1, 0.15) is 5.56 Å². The first-order valence-electron chi connectivity index (χ1n) is 8.19. The Morgan fingerprint density at radius 3 is 2.69 bits per heavy atom. The van der Waals surface area contributed by atoms with Crippen molar-refractivity contribution in [2.45, 2.75) is 6.54 Å². The van der Waals surface area contributed by atoms with Gasteiger partial charge in [-0.15, -0.1) is 0 Å². The lowest BCUT2D eigenvalue weighted by atomic mass is 10.2. The van der Waals surface area contributed by atoms with E-state index in [4.69, 9.17) is 33.3 Å². The number of anilines is 2. The van der Waals surface area contributed by atoms with Gasteiger partial charge in [-0.1, -0.05) is 23.7 Å². The minimum atomic E-state index is 0.388. The molecule has 1 fully saturated rings. The Labute approximate surface area is 162 Å². The van der Waals surface area contributed by atoms with Crippen molar-refractivity contribution in [2.75, 3.05) is 43.6 Å².